The molecular weight excluding hydrogens is 520 g/mol. The normalized spacial score (nSPS) is 41.2. The summed E-state index contributed by atoms with van der Waals surface area (Å²) in [5.74, 6) is 3.14. The molecule has 8 nitrogen and oxygen atoms in total. The molecule has 5 rings (SSSR count). The van der Waals surface area contributed by atoms with Gasteiger partial charge >= 0.3 is 5.97 Å². The number of carbonyl (C=O) groups excluding carboxylic acids is 1. The van der Waals surface area contributed by atoms with Crippen molar-refractivity contribution in [2.45, 2.75) is 116 Å². The van der Waals surface area contributed by atoms with Crippen LogP contribution in [0.3, 0.4) is 0 Å². The van der Waals surface area contributed by atoms with Crippen LogP contribution >= 0.6 is 0 Å². The van der Waals surface area contributed by atoms with Crippen molar-refractivity contribution in [1.29, 1.82) is 0 Å². The number of amides is 1. The van der Waals surface area contributed by atoms with E-state index in [9.17, 15) is 19.8 Å². The molecular formula is C33H48N2O6. The van der Waals surface area contributed by atoms with Crippen molar-refractivity contribution < 1.29 is 29.4 Å². The van der Waals surface area contributed by atoms with Crippen LogP contribution in [0.1, 0.15) is 98.3 Å². The van der Waals surface area contributed by atoms with E-state index in [4.69, 9.17) is 16.0 Å². The summed E-state index contributed by atoms with van der Waals surface area (Å²) >= 11 is 0. The second kappa shape index (κ2) is 11.0. The van der Waals surface area contributed by atoms with Crippen LogP contribution in [-0.2, 0) is 19.2 Å². The lowest BCUT2D eigenvalue weighted by atomic mass is 9.46. The molecule has 0 unspecified atom stereocenters. The van der Waals surface area contributed by atoms with Gasteiger partial charge in [0.15, 0.2) is 6.61 Å². The number of carbonyl (C=O) groups is 2. The lowest BCUT2D eigenvalue weighted by molar-refractivity contribution is -0.139. The predicted octanol–water partition coefficient (Wildman–Crippen LogP) is 4.85. The minimum absolute atomic E-state index is 0.0308. The Labute approximate surface area is 244 Å². The molecule has 1 amide bonds. The first-order valence-corrected chi connectivity index (χ1v) is 15.6. The van der Waals surface area contributed by atoms with Crippen molar-refractivity contribution >= 4 is 17.6 Å². The number of nitrogens with zero attached hydrogens (tertiary/aromatic N) is 1. The number of carboxylic acid groups (broad SMARTS) is 1. The number of aliphatic hydroxyl groups is 1. The van der Waals surface area contributed by atoms with Gasteiger partial charge in [-0.3, -0.25) is 9.59 Å². The van der Waals surface area contributed by atoms with Crippen LogP contribution in [0, 0.1) is 46.8 Å². The fourth-order valence-electron chi connectivity index (χ4n) is 9.46. The van der Waals surface area contributed by atoms with Gasteiger partial charge in [-0.15, -0.1) is 6.42 Å². The smallest absolute Gasteiger partial charge is 0.305 e. The van der Waals surface area contributed by atoms with Crippen molar-refractivity contribution in [2.75, 3.05) is 13.2 Å². The Kier molecular flexibility index (Phi) is 8.10. The molecule has 0 bridgehead atoms. The molecule has 0 spiro atoms. The molecule has 8 atom stereocenters. The molecule has 1 saturated heterocycles. The molecule has 226 valence electrons. The second-order valence-electron chi connectivity index (χ2n) is 14.5. The minimum atomic E-state index is -0.981. The molecule has 0 aromatic heterocycles. The van der Waals surface area contributed by atoms with E-state index in [1.807, 2.05) is 13.8 Å². The number of aliphatic carboxylic acids is 1. The lowest BCUT2D eigenvalue weighted by Crippen LogP contribution is -2.54. The number of terminal acetylenes is 1. The number of allylic oxidation sites excluding steroid dienone is 2. The van der Waals surface area contributed by atoms with E-state index in [1.54, 1.807) is 0 Å². The summed E-state index contributed by atoms with van der Waals surface area (Å²) in [4.78, 5) is 29.7. The highest BCUT2D eigenvalue weighted by molar-refractivity contribution is 5.96. The van der Waals surface area contributed by atoms with Crippen molar-refractivity contribution in [2.24, 2.45) is 39.7 Å². The van der Waals surface area contributed by atoms with Gasteiger partial charge < -0.3 is 25.1 Å². The third-order valence-electron chi connectivity index (χ3n) is 11.8. The number of fused-ring (bicyclic) bond motifs is 5. The van der Waals surface area contributed by atoms with Crippen LogP contribution in [0.5, 0.6) is 0 Å². The number of hydrogen-bond donors (Lipinski definition) is 3. The first kappa shape index (κ1) is 30.1. The van der Waals surface area contributed by atoms with Crippen LogP contribution in [0.25, 0.3) is 0 Å². The highest BCUT2D eigenvalue weighted by atomic mass is 16.6. The first-order valence-electron chi connectivity index (χ1n) is 15.6. The molecule has 41 heavy (non-hydrogen) atoms. The number of nitrogens with one attached hydrogen (secondary N) is 1. The summed E-state index contributed by atoms with van der Waals surface area (Å²) in [7, 11) is 0. The van der Waals surface area contributed by atoms with Crippen LogP contribution in [-0.4, -0.2) is 58.3 Å². The van der Waals surface area contributed by atoms with Gasteiger partial charge in [0.05, 0.1) is 17.7 Å². The molecule has 3 N–H and O–H groups in total. The largest absolute Gasteiger partial charge is 0.481 e. The number of hydrogen-bond acceptors (Lipinski definition) is 6. The Morgan fingerprint density at radius 2 is 1.90 bits per heavy atom. The van der Waals surface area contributed by atoms with Crippen molar-refractivity contribution in [3.8, 4) is 12.3 Å². The summed E-state index contributed by atoms with van der Waals surface area (Å²) in [5.41, 5.74) is 0.883. The average Bonchev–Trinajstić information content (AvgIpc) is 3.18. The van der Waals surface area contributed by atoms with E-state index < -0.39 is 17.6 Å². The summed E-state index contributed by atoms with van der Waals surface area (Å²) in [6.07, 6.45) is 17.0. The van der Waals surface area contributed by atoms with Crippen molar-refractivity contribution in [3.05, 3.63) is 11.6 Å². The molecule has 1 aliphatic heterocycles. The van der Waals surface area contributed by atoms with E-state index in [1.165, 1.54) is 5.57 Å². The van der Waals surface area contributed by atoms with E-state index in [0.29, 0.717) is 43.6 Å². The predicted molar refractivity (Wildman–Crippen MR) is 156 cm³/mol. The van der Waals surface area contributed by atoms with E-state index in [0.717, 1.165) is 50.7 Å². The summed E-state index contributed by atoms with van der Waals surface area (Å²) in [6, 6.07) is -0.471. The molecule has 3 saturated carbocycles. The highest BCUT2D eigenvalue weighted by Gasteiger charge is 2.63. The second-order valence-corrected chi connectivity index (χ2v) is 14.5. The van der Waals surface area contributed by atoms with Crippen LogP contribution < -0.4 is 5.32 Å². The van der Waals surface area contributed by atoms with Crippen LogP contribution in [0.2, 0.25) is 0 Å². The van der Waals surface area contributed by atoms with Gasteiger partial charge in [0, 0.05) is 18.1 Å². The quantitative estimate of drug-likeness (QED) is 0.299. The zero-order chi connectivity index (χ0) is 29.6. The maximum Gasteiger partial charge on any atom is 0.305 e. The average molecular weight is 569 g/mol. The fraction of sp³-hybridized carbons (Fsp3) is 0.788. The molecule has 4 fully saturated rings. The summed E-state index contributed by atoms with van der Waals surface area (Å²) in [5, 5.41) is 27.9. The number of ether oxygens (including phenoxy) is 1. The van der Waals surface area contributed by atoms with E-state index in [2.05, 4.69) is 36.3 Å². The van der Waals surface area contributed by atoms with Crippen molar-refractivity contribution in [1.82, 2.24) is 5.32 Å². The molecule has 8 heteroatoms. The molecule has 1 heterocycles. The Morgan fingerprint density at radius 3 is 2.61 bits per heavy atom. The third-order valence-corrected chi connectivity index (χ3v) is 11.8. The van der Waals surface area contributed by atoms with E-state index >= 15 is 0 Å². The third kappa shape index (κ3) is 5.57. The van der Waals surface area contributed by atoms with Crippen LogP contribution in [0.15, 0.2) is 16.8 Å². The standard InChI is InChI=1S/C33H48N2O6/c1-6-33(39)15-11-26-24-8-7-22-17-23(9-13-31(22,4)25(24)10-14-32(26,33)5)35-41-20-28(36)34-27(18-29(37)38)21-12-16-40-30(2,3)19-21/h1,17,21,24-27,39H,7-16,18-20H2,2-5H3,(H,34,36)(H,37,38)/b35-23+/t21-,24+,25-,26-,27-,31-,32-,33-/m0/s1. The topological polar surface area (TPSA) is 117 Å². The van der Waals surface area contributed by atoms with Crippen molar-refractivity contribution in [3.63, 3.8) is 0 Å². The van der Waals surface area contributed by atoms with E-state index in [-0.39, 0.29) is 41.3 Å². The van der Waals surface area contributed by atoms with Gasteiger partial charge in [0.25, 0.3) is 5.91 Å². The van der Waals surface area contributed by atoms with Gasteiger partial charge in [-0.25, -0.2) is 0 Å². The Morgan fingerprint density at radius 1 is 1.15 bits per heavy atom. The highest BCUT2D eigenvalue weighted by Crippen LogP contribution is 2.67. The molecule has 5 aliphatic rings. The van der Waals surface area contributed by atoms with Gasteiger partial charge in [0.1, 0.15) is 5.60 Å². The maximum absolute atomic E-state index is 12.7. The number of rotatable bonds is 7. The van der Waals surface area contributed by atoms with Gasteiger partial charge in [0.2, 0.25) is 0 Å². The fourth-order valence-corrected chi connectivity index (χ4v) is 9.46. The summed E-state index contributed by atoms with van der Waals surface area (Å²) in [6.45, 7) is 8.93. The molecule has 0 aromatic carbocycles. The Bertz CT molecular complexity index is 1150. The lowest BCUT2D eigenvalue weighted by Gasteiger charge is -2.58. The number of oxime groups is 1. The number of carboxylic acids is 1. The molecule has 4 aliphatic carbocycles. The zero-order valence-electron chi connectivity index (χ0n) is 25.2. The van der Waals surface area contributed by atoms with Gasteiger partial charge in [-0.05, 0) is 113 Å². The molecule has 0 radical (unpaired) electrons. The minimum Gasteiger partial charge on any atom is -0.481 e. The maximum atomic E-state index is 12.7. The van der Waals surface area contributed by atoms with Crippen LogP contribution in [0.4, 0.5) is 0 Å². The SMILES string of the molecule is C#C[C@]1(O)CC[C@H]2[C@@H]3CCC4=C/C(=N/OCC(=O)N[C@@H](CC(=O)O)[C@H]5CCOC(C)(C)C5)CC[C@]4(C)[C@H]3CC[C@@]21C. The summed E-state index contributed by atoms with van der Waals surface area (Å²) < 4.78 is 5.77. The molecule has 0 aromatic rings. The Balaban J connectivity index is 1.19. The van der Waals surface area contributed by atoms with Gasteiger partial charge in [-0.1, -0.05) is 30.5 Å². The first-order chi connectivity index (χ1) is 19.3. The van der Waals surface area contributed by atoms with Gasteiger partial charge in [-0.2, -0.15) is 0 Å². The monoisotopic (exact) mass is 568 g/mol. The zero-order valence-corrected chi connectivity index (χ0v) is 25.2. The Hall–Kier alpha value is -2.37.